The molecule has 0 aliphatic carbocycles. The summed E-state index contributed by atoms with van der Waals surface area (Å²) >= 11 is 0. The van der Waals surface area contributed by atoms with Gasteiger partial charge in [-0.05, 0) is 20.3 Å². The van der Waals surface area contributed by atoms with Crippen LogP contribution in [-0.4, -0.2) is 69.0 Å². The normalized spacial score (nSPS) is 24.9. The number of carbonyl (C=O) groups excluding carboxylic acids is 1. The molecule has 1 aliphatic heterocycles. The first kappa shape index (κ1) is 17.4. The molecule has 0 aromatic rings. The maximum Gasteiger partial charge on any atom is 0.305 e. The number of hydrogen-bond donors (Lipinski definition) is 0. The van der Waals surface area contributed by atoms with E-state index >= 15 is 0 Å². The molecule has 8 heteroatoms. The van der Waals surface area contributed by atoms with Crippen LogP contribution in [0.4, 0.5) is 0 Å². The summed E-state index contributed by atoms with van der Waals surface area (Å²) in [5, 5.41) is 0. The molecule has 7 nitrogen and oxygen atoms in total. The molecule has 1 rings (SSSR count). The van der Waals surface area contributed by atoms with Gasteiger partial charge in [-0.25, -0.2) is 0 Å². The standard InChI is InChI=1S/C12H24N2O5S/c1-10-8-14(9-11(2)19-10)20(16,17)13(3)7-5-6-12(15)18-4/h10-11H,5-9H2,1-4H3/t10-,11-/m1/s1. The van der Waals surface area contributed by atoms with Gasteiger partial charge in [-0.2, -0.15) is 17.0 Å². The second-order valence-corrected chi connectivity index (χ2v) is 7.12. The summed E-state index contributed by atoms with van der Waals surface area (Å²) in [6.45, 7) is 4.71. The fraction of sp³-hybridized carbons (Fsp3) is 0.917. The molecule has 0 spiro atoms. The summed E-state index contributed by atoms with van der Waals surface area (Å²) in [5.74, 6) is -0.329. The summed E-state index contributed by atoms with van der Waals surface area (Å²) in [4.78, 5) is 11.0. The average molecular weight is 308 g/mol. The molecular weight excluding hydrogens is 284 g/mol. The van der Waals surface area contributed by atoms with E-state index in [1.54, 1.807) is 0 Å². The van der Waals surface area contributed by atoms with Gasteiger partial charge >= 0.3 is 5.97 Å². The van der Waals surface area contributed by atoms with Crippen LogP contribution in [0.25, 0.3) is 0 Å². The van der Waals surface area contributed by atoms with E-state index in [-0.39, 0.29) is 31.1 Å². The highest BCUT2D eigenvalue weighted by atomic mass is 32.2. The largest absolute Gasteiger partial charge is 0.469 e. The van der Waals surface area contributed by atoms with E-state index < -0.39 is 10.2 Å². The maximum atomic E-state index is 12.4. The van der Waals surface area contributed by atoms with Crippen molar-refractivity contribution in [2.24, 2.45) is 0 Å². The Morgan fingerprint density at radius 2 is 1.90 bits per heavy atom. The first-order valence-electron chi connectivity index (χ1n) is 6.71. The summed E-state index contributed by atoms with van der Waals surface area (Å²) < 4.78 is 37.6. The highest BCUT2D eigenvalue weighted by Gasteiger charge is 2.33. The van der Waals surface area contributed by atoms with E-state index in [1.165, 1.54) is 22.8 Å². The van der Waals surface area contributed by atoms with Gasteiger partial charge in [0.25, 0.3) is 10.2 Å². The first-order chi connectivity index (χ1) is 9.27. The Bertz CT molecular complexity index is 416. The zero-order chi connectivity index (χ0) is 15.3. The lowest BCUT2D eigenvalue weighted by Crippen LogP contribution is -2.52. The molecule has 1 aliphatic rings. The van der Waals surface area contributed by atoms with E-state index in [4.69, 9.17) is 4.74 Å². The monoisotopic (exact) mass is 308 g/mol. The highest BCUT2D eigenvalue weighted by Crippen LogP contribution is 2.16. The lowest BCUT2D eigenvalue weighted by Gasteiger charge is -2.36. The number of methoxy groups -OCH3 is 1. The average Bonchev–Trinajstić information content (AvgIpc) is 2.37. The summed E-state index contributed by atoms with van der Waals surface area (Å²) in [6, 6.07) is 0. The van der Waals surface area contributed by atoms with Gasteiger partial charge in [-0.1, -0.05) is 0 Å². The van der Waals surface area contributed by atoms with Crippen molar-refractivity contribution in [1.82, 2.24) is 8.61 Å². The number of ether oxygens (including phenoxy) is 2. The van der Waals surface area contributed by atoms with Gasteiger partial charge in [0.15, 0.2) is 0 Å². The third kappa shape index (κ3) is 4.69. The molecule has 0 radical (unpaired) electrons. The summed E-state index contributed by atoms with van der Waals surface area (Å²) in [5.41, 5.74) is 0. The molecular formula is C12H24N2O5S. The number of carbonyl (C=O) groups is 1. The third-order valence-corrected chi connectivity index (χ3v) is 5.11. The molecule has 0 unspecified atom stereocenters. The molecule has 118 valence electrons. The minimum absolute atomic E-state index is 0.114. The van der Waals surface area contributed by atoms with Crippen LogP contribution >= 0.6 is 0 Å². The first-order valence-corrected chi connectivity index (χ1v) is 8.10. The fourth-order valence-corrected chi connectivity index (χ4v) is 3.73. The van der Waals surface area contributed by atoms with Crippen molar-refractivity contribution in [3.8, 4) is 0 Å². The maximum absolute atomic E-state index is 12.4. The highest BCUT2D eigenvalue weighted by molar-refractivity contribution is 7.86. The van der Waals surface area contributed by atoms with Crippen LogP contribution in [-0.2, 0) is 24.5 Å². The third-order valence-electron chi connectivity index (χ3n) is 3.19. The van der Waals surface area contributed by atoms with E-state index in [2.05, 4.69) is 4.74 Å². The van der Waals surface area contributed by atoms with Crippen LogP contribution in [0.1, 0.15) is 26.7 Å². The molecule has 1 saturated heterocycles. The molecule has 20 heavy (non-hydrogen) atoms. The van der Waals surface area contributed by atoms with Gasteiger partial charge in [0.1, 0.15) is 0 Å². The fourth-order valence-electron chi connectivity index (χ4n) is 2.18. The van der Waals surface area contributed by atoms with Gasteiger partial charge in [0.05, 0.1) is 19.3 Å². The van der Waals surface area contributed by atoms with E-state index in [0.717, 1.165) is 0 Å². The zero-order valence-corrected chi connectivity index (χ0v) is 13.4. The predicted octanol–water partition coefficient (Wildman–Crippen LogP) is 0.225. The lowest BCUT2D eigenvalue weighted by molar-refractivity contribution is -0.140. The smallest absolute Gasteiger partial charge is 0.305 e. The Morgan fingerprint density at radius 1 is 1.35 bits per heavy atom. The van der Waals surface area contributed by atoms with Crippen LogP contribution < -0.4 is 0 Å². The molecule has 0 saturated carbocycles. The van der Waals surface area contributed by atoms with Crippen LogP contribution in [0.5, 0.6) is 0 Å². The molecule has 0 N–H and O–H groups in total. The molecule has 0 aromatic carbocycles. The zero-order valence-electron chi connectivity index (χ0n) is 12.5. The lowest BCUT2D eigenvalue weighted by atomic mass is 10.3. The molecule has 0 bridgehead atoms. The SMILES string of the molecule is COC(=O)CCCN(C)S(=O)(=O)N1C[C@@H](C)O[C@H](C)C1. The van der Waals surface area contributed by atoms with Gasteiger partial charge < -0.3 is 9.47 Å². The Kier molecular flexibility index (Phi) is 6.38. The molecule has 1 fully saturated rings. The number of morpholine rings is 1. The second kappa shape index (κ2) is 7.35. The number of hydrogen-bond acceptors (Lipinski definition) is 5. The van der Waals surface area contributed by atoms with Crippen molar-refractivity contribution in [2.75, 3.05) is 33.8 Å². The number of esters is 1. The minimum Gasteiger partial charge on any atom is -0.469 e. The molecule has 0 aromatic heterocycles. The Balaban J connectivity index is 2.56. The molecule has 0 amide bonds. The van der Waals surface area contributed by atoms with Gasteiger partial charge in [-0.15, -0.1) is 0 Å². The predicted molar refractivity (Wildman–Crippen MR) is 74.4 cm³/mol. The number of rotatable bonds is 6. The van der Waals surface area contributed by atoms with Crippen molar-refractivity contribution in [2.45, 2.75) is 38.9 Å². The van der Waals surface area contributed by atoms with Crippen LogP contribution in [0.2, 0.25) is 0 Å². The molecule has 2 atom stereocenters. The van der Waals surface area contributed by atoms with Crippen molar-refractivity contribution >= 4 is 16.2 Å². The van der Waals surface area contributed by atoms with Crippen LogP contribution in [0, 0.1) is 0 Å². The topological polar surface area (TPSA) is 76.2 Å². The van der Waals surface area contributed by atoms with Crippen molar-refractivity contribution in [1.29, 1.82) is 0 Å². The van der Waals surface area contributed by atoms with Crippen LogP contribution in [0.15, 0.2) is 0 Å². The summed E-state index contributed by atoms with van der Waals surface area (Å²) in [6.07, 6.45) is 0.429. The minimum atomic E-state index is -3.50. The van der Waals surface area contributed by atoms with Gasteiger partial charge in [0, 0.05) is 33.1 Å². The Morgan fingerprint density at radius 3 is 2.40 bits per heavy atom. The quantitative estimate of drug-likeness (QED) is 0.656. The van der Waals surface area contributed by atoms with Crippen molar-refractivity contribution in [3.05, 3.63) is 0 Å². The van der Waals surface area contributed by atoms with E-state index in [1.807, 2.05) is 13.8 Å². The van der Waals surface area contributed by atoms with Crippen molar-refractivity contribution in [3.63, 3.8) is 0 Å². The number of nitrogens with zero attached hydrogens (tertiary/aromatic N) is 2. The van der Waals surface area contributed by atoms with Crippen molar-refractivity contribution < 1.29 is 22.7 Å². The van der Waals surface area contributed by atoms with E-state index in [0.29, 0.717) is 19.5 Å². The van der Waals surface area contributed by atoms with Crippen LogP contribution in [0.3, 0.4) is 0 Å². The Labute approximate surface area is 121 Å². The van der Waals surface area contributed by atoms with E-state index in [9.17, 15) is 13.2 Å². The second-order valence-electron chi connectivity index (χ2n) is 5.08. The molecule has 1 heterocycles. The summed E-state index contributed by atoms with van der Waals surface area (Å²) in [7, 11) is -0.654. The van der Waals surface area contributed by atoms with Gasteiger partial charge in [0.2, 0.25) is 0 Å². The van der Waals surface area contributed by atoms with Gasteiger partial charge in [-0.3, -0.25) is 4.79 Å². The Hall–Kier alpha value is -0.700.